The number of carbonyl (C=O) groups is 2. The van der Waals surface area contributed by atoms with Crippen LogP contribution < -0.4 is 10.6 Å². The summed E-state index contributed by atoms with van der Waals surface area (Å²) in [6.07, 6.45) is -0.962. The van der Waals surface area contributed by atoms with Gasteiger partial charge in [-0.25, -0.2) is 4.98 Å². The Bertz CT molecular complexity index is 622. The lowest BCUT2D eigenvalue weighted by atomic mass is 9.87. The highest BCUT2D eigenvalue weighted by Crippen LogP contribution is 2.33. The van der Waals surface area contributed by atoms with E-state index in [1.807, 2.05) is 20.8 Å². The van der Waals surface area contributed by atoms with Gasteiger partial charge in [0.2, 0.25) is 5.91 Å². The van der Waals surface area contributed by atoms with Crippen LogP contribution in [-0.4, -0.2) is 33.1 Å². The van der Waals surface area contributed by atoms with E-state index in [4.69, 9.17) is 5.11 Å². The number of hydrogen-bond donors (Lipinski definition) is 4. The molecule has 0 bridgehead atoms. The number of aromatic nitrogens is 1. The second-order valence-electron chi connectivity index (χ2n) is 6.52. The zero-order valence-electron chi connectivity index (χ0n) is 13.1. The van der Waals surface area contributed by atoms with Gasteiger partial charge in [0.15, 0.2) is 0 Å². The van der Waals surface area contributed by atoms with Gasteiger partial charge in [-0.3, -0.25) is 14.9 Å². The summed E-state index contributed by atoms with van der Waals surface area (Å²) in [6, 6.07) is 0.841. The average molecular weight is 307 g/mol. The SMILES string of the molecule is CC(=O)Nc1nc(C(C)(C)C)cc2c1CC(C(=O)O)NC2O. The van der Waals surface area contributed by atoms with Gasteiger partial charge in [-0.2, -0.15) is 0 Å². The van der Waals surface area contributed by atoms with Gasteiger partial charge in [-0.1, -0.05) is 20.8 Å². The molecule has 2 rings (SSSR count). The van der Waals surface area contributed by atoms with Crippen LogP contribution in [0.25, 0.3) is 0 Å². The zero-order valence-corrected chi connectivity index (χ0v) is 13.1. The largest absolute Gasteiger partial charge is 0.480 e. The van der Waals surface area contributed by atoms with Crippen LogP contribution in [0, 0.1) is 0 Å². The van der Waals surface area contributed by atoms with Gasteiger partial charge < -0.3 is 15.5 Å². The highest BCUT2D eigenvalue weighted by Gasteiger charge is 2.33. The number of rotatable bonds is 2. The third-order valence-corrected chi connectivity index (χ3v) is 3.58. The third kappa shape index (κ3) is 3.26. The number of carboxylic acid groups (broad SMARTS) is 1. The number of aliphatic hydroxyl groups is 1. The summed E-state index contributed by atoms with van der Waals surface area (Å²) in [4.78, 5) is 27.1. The number of aliphatic hydroxyl groups excluding tert-OH is 1. The van der Waals surface area contributed by atoms with Crippen LogP contribution >= 0.6 is 0 Å². The molecule has 0 saturated heterocycles. The topological polar surface area (TPSA) is 112 Å². The molecule has 1 aromatic rings. The molecule has 0 spiro atoms. The molecule has 0 radical (unpaired) electrons. The molecule has 2 atom stereocenters. The van der Waals surface area contributed by atoms with E-state index in [2.05, 4.69) is 15.6 Å². The second-order valence-corrected chi connectivity index (χ2v) is 6.52. The molecule has 7 heteroatoms. The van der Waals surface area contributed by atoms with E-state index in [1.165, 1.54) is 6.92 Å². The fourth-order valence-corrected chi connectivity index (χ4v) is 2.41. The van der Waals surface area contributed by atoms with Crippen LogP contribution in [0.3, 0.4) is 0 Å². The fraction of sp³-hybridized carbons (Fsp3) is 0.533. The Hall–Kier alpha value is -1.99. The van der Waals surface area contributed by atoms with E-state index in [9.17, 15) is 14.7 Å². The first-order valence-corrected chi connectivity index (χ1v) is 7.08. The van der Waals surface area contributed by atoms with Gasteiger partial charge in [-0.15, -0.1) is 0 Å². The summed E-state index contributed by atoms with van der Waals surface area (Å²) in [5.41, 5.74) is 1.55. The van der Waals surface area contributed by atoms with E-state index in [0.717, 1.165) is 0 Å². The normalized spacial score (nSPS) is 21.1. The predicted molar refractivity (Wildman–Crippen MR) is 80.5 cm³/mol. The fourth-order valence-electron chi connectivity index (χ4n) is 2.41. The van der Waals surface area contributed by atoms with Crippen molar-refractivity contribution in [3.8, 4) is 0 Å². The Morgan fingerprint density at radius 1 is 1.41 bits per heavy atom. The van der Waals surface area contributed by atoms with Gasteiger partial charge in [0, 0.05) is 35.6 Å². The van der Waals surface area contributed by atoms with E-state index in [-0.39, 0.29) is 17.7 Å². The van der Waals surface area contributed by atoms with E-state index in [1.54, 1.807) is 6.07 Å². The molecule has 0 aliphatic carbocycles. The first-order valence-electron chi connectivity index (χ1n) is 7.08. The number of nitrogens with zero attached hydrogens (tertiary/aromatic N) is 1. The molecule has 1 amide bonds. The minimum Gasteiger partial charge on any atom is -0.480 e. The molecule has 0 fully saturated rings. The van der Waals surface area contributed by atoms with Crippen molar-refractivity contribution in [3.63, 3.8) is 0 Å². The lowest BCUT2D eigenvalue weighted by Gasteiger charge is -2.31. The Kier molecular flexibility index (Phi) is 4.21. The molecule has 1 aliphatic heterocycles. The molecule has 0 aromatic carbocycles. The molecule has 0 saturated carbocycles. The van der Waals surface area contributed by atoms with Gasteiger partial charge in [0.05, 0.1) is 0 Å². The number of anilines is 1. The van der Waals surface area contributed by atoms with Crippen LogP contribution in [0.4, 0.5) is 5.82 Å². The summed E-state index contributed by atoms with van der Waals surface area (Å²) >= 11 is 0. The van der Waals surface area contributed by atoms with Crippen molar-refractivity contribution in [1.82, 2.24) is 10.3 Å². The van der Waals surface area contributed by atoms with Gasteiger partial charge in [0.25, 0.3) is 0 Å². The molecule has 120 valence electrons. The number of hydrogen-bond acceptors (Lipinski definition) is 5. The van der Waals surface area contributed by atoms with Crippen molar-refractivity contribution in [3.05, 3.63) is 22.9 Å². The summed E-state index contributed by atoms with van der Waals surface area (Å²) in [5.74, 6) is -1.03. The van der Waals surface area contributed by atoms with E-state index < -0.39 is 18.2 Å². The van der Waals surface area contributed by atoms with Crippen LogP contribution in [0.2, 0.25) is 0 Å². The Morgan fingerprint density at radius 2 is 2.05 bits per heavy atom. The van der Waals surface area contributed by atoms with Crippen molar-refractivity contribution < 1.29 is 19.8 Å². The molecular formula is C15H21N3O4. The first-order chi connectivity index (χ1) is 10.1. The zero-order chi connectivity index (χ0) is 16.7. The number of nitrogens with one attached hydrogen (secondary N) is 2. The number of fused-ring (bicyclic) bond motifs is 1. The molecule has 7 nitrogen and oxygen atoms in total. The Labute approximate surface area is 128 Å². The Morgan fingerprint density at radius 3 is 2.55 bits per heavy atom. The highest BCUT2D eigenvalue weighted by atomic mass is 16.4. The minimum absolute atomic E-state index is 0.148. The quantitative estimate of drug-likeness (QED) is 0.646. The molecular weight excluding hydrogens is 286 g/mol. The monoisotopic (exact) mass is 307 g/mol. The number of amides is 1. The van der Waals surface area contributed by atoms with Crippen molar-refractivity contribution >= 4 is 17.7 Å². The number of carbonyl (C=O) groups excluding carboxylic acids is 1. The lowest BCUT2D eigenvalue weighted by Crippen LogP contribution is -2.45. The van der Waals surface area contributed by atoms with Crippen LogP contribution in [-0.2, 0) is 21.4 Å². The van der Waals surface area contributed by atoms with Gasteiger partial charge >= 0.3 is 5.97 Å². The smallest absolute Gasteiger partial charge is 0.321 e. The van der Waals surface area contributed by atoms with Crippen LogP contribution in [0.1, 0.15) is 50.7 Å². The van der Waals surface area contributed by atoms with Crippen molar-refractivity contribution in [2.45, 2.75) is 51.8 Å². The maximum absolute atomic E-state index is 11.4. The summed E-state index contributed by atoms with van der Waals surface area (Å²) in [5, 5.41) is 24.7. The van der Waals surface area contributed by atoms with Gasteiger partial charge in [0.1, 0.15) is 18.1 Å². The minimum atomic E-state index is -1.11. The summed E-state index contributed by atoms with van der Waals surface area (Å²) < 4.78 is 0. The van der Waals surface area contributed by atoms with Gasteiger partial charge in [-0.05, 0) is 6.07 Å². The maximum Gasteiger partial charge on any atom is 0.321 e. The van der Waals surface area contributed by atoms with Crippen molar-refractivity contribution in [1.29, 1.82) is 0 Å². The van der Waals surface area contributed by atoms with Crippen LogP contribution in [0.15, 0.2) is 6.07 Å². The number of carboxylic acids is 1. The predicted octanol–water partition coefficient (Wildman–Crippen LogP) is 0.927. The molecule has 2 unspecified atom stereocenters. The molecule has 4 N–H and O–H groups in total. The van der Waals surface area contributed by atoms with E-state index >= 15 is 0 Å². The van der Waals surface area contributed by atoms with Crippen molar-refractivity contribution in [2.24, 2.45) is 0 Å². The maximum atomic E-state index is 11.4. The Balaban J connectivity index is 2.58. The molecule has 22 heavy (non-hydrogen) atoms. The number of aliphatic carboxylic acids is 1. The van der Waals surface area contributed by atoms with Crippen LogP contribution in [0.5, 0.6) is 0 Å². The summed E-state index contributed by atoms with van der Waals surface area (Å²) in [7, 11) is 0. The standard InChI is InChI=1S/C15H21N3O4/c1-7(19)16-12-8-5-10(14(21)22)17-13(20)9(8)6-11(18-12)15(2,3)4/h6,10,13,17,20H,5H2,1-4H3,(H,21,22)(H,16,18,19). The number of pyridine rings is 1. The molecule has 1 aliphatic rings. The highest BCUT2D eigenvalue weighted by molar-refractivity contribution is 5.89. The molecule has 2 heterocycles. The van der Waals surface area contributed by atoms with E-state index in [0.29, 0.717) is 22.6 Å². The lowest BCUT2D eigenvalue weighted by molar-refractivity contribution is -0.140. The van der Waals surface area contributed by atoms with Crippen molar-refractivity contribution in [2.75, 3.05) is 5.32 Å². The second kappa shape index (κ2) is 5.66. The summed E-state index contributed by atoms with van der Waals surface area (Å²) in [6.45, 7) is 7.29. The molecule has 1 aromatic heterocycles. The first kappa shape index (κ1) is 16.4. The average Bonchev–Trinajstić information content (AvgIpc) is 2.37. The third-order valence-electron chi connectivity index (χ3n) is 3.58.